The van der Waals surface area contributed by atoms with E-state index >= 15 is 0 Å². The van der Waals surface area contributed by atoms with Crippen molar-refractivity contribution in [1.29, 1.82) is 0 Å². The molecule has 110 valence electrons. The fourth-order valence-corrected chi connectivity index (χ4v) is 3.02. The van der Waals surface area contributed by atoms with Crippen LogP contribution in [0.5, 0.6) is 0 Å². The summed E-state index contributed by atoms with van der Waals surface area (Å²) >= 11 is 0. The molecule has 5 nitrogen and oxygen atoms in total. The molecule has 19 heavy (non-hydrogen) atoms. The standard InChI is InChI=1S/C14H27N3O2/c1-14(2,3)19-13(18)16-11-5-4-6-12(11)17-9-7-15-8-10-17/h11-12,15H,4-10H2,1-3H3,(H,16,18)/t11-,12+/m0/s1. The van der Waals surface area contributed by atoms with Crippen LogP contribution in [0.4, 0.5) is 4.79 Å². The first kappa shape index (κ1) is 14.6. The van der Waals surface area contributed by atoms with Crippen LogP contribution in [0.2, 0.25) is 0 Å². The molecule has 2 fully saturated rings. The smallest absolute Gasteiger partial charge is 0.407 e. The van der Waals surface area contributed by atoms with Crippen molar-refractivity contribution >= 4 is 6.09 Å². The summed E-state index contributed by atoms with van der Waals surface area (Å²) < 4.78 is 5.35. The summed E-state index contributed by atoms with van der Waals surface area (Å²) in [7, 11) is 0. The minimum atomic E-state index is -0.423. The van der Waals surface area contributed by atoms with E-state index < -0.39 is 5.60 Å². The third-order valence-corrected chi connectivity index (χ3v) is 3.80. The van der Waals surface area contributed by atoms with Gasteiger partial charge in [0.1, 0.15) is 5.60 Å². The summed E-state index contributed by atoms with van der Waals surface area (Å²) in [6.45, 7) is 9.96. The number of carbonyl (C=O) groups is 1. The Hall–Kier alpha value is -0.810. The fraction of sp³-hybridized carbons (Fsp3) is 0.929. The minimum Gasteiger partial charge on any atom is -0.444 e. The molecule has 1 saturated carbocycles. The van der Waals surface area contributed by atoms with Crippen LogP contribution >= 0.6 is 0 Å². The highest BCUT2D eigenvalue weighted by atomic mass is 16.6. The first-order chi connectivity index (χ1) is 8.96. The molecular formula is C14H27N3O2. The highest BCUT2D eigenvalue weighted by Gasteiger charge is 2.34. The molecule has 0 radical (unpaired) electrons. The second-order valence-electron chi connectivity index (χ2n) is 6.54. The maximum absolute atomic E-state index is 11.9. The summed E-state index contributed by atoms with van der Waals surface area (Å²) in [5.74, 6) is 0. The zero-order chi connectivity index (χ0) is 13.9. The summed E-state index contributed by atoms with van der Waals surface area (Å²) in [5, 5.41) is 6.43. The molecule has 0 aromatic carbocycles. The Labute approximate surface area is 116 Å². The quantitative estimate of drug-likeness (QED) is 0.794. The van der Waals surface area contributed by atoms with Gasteiger partial charge in [0.15, 0.2) is 0 Å². The van der Waals surface area contributed by atoms with Crippen LogP contribution < -0.4 is 10.6 Å². The van der Waals surface area contributed by atoms with E-state index in [-0.39, 0.29) is 12.1 Å². The molecule has 0 bridgehead atoms. The van der Waals surface area contributed by atoms with Crippen LogP contribution in [-0.4, -0.2) is 54.9 Å². The second kappa shape index (κ2) is 6.09. The SMILES string of the molecule is CC(C)(C)OC(=O)N[C@H]1CCC[C@H]1N1CCNCC1. The molecule has 2 rings (SSSR count). The number of nitrogens with zero attached hydrogens (tertiary/aromatic N) is 1. The molecule has 0 unspecified atom stereocenters. The maximum atomic E-state index is 11.9. The Morgan fingerprint density at radius 1 is 1.26 bits per heavy atom. The summed E-state index contributed by atoms with van der Waals surface area (Å²) in [6.07, 6.45) is 3.16. The number of hydrogen-bond acceptors (Lipinski definition) is 4. The first-order valence-electron chi connectivity index (χ1n) is 7.40. The van der Waals surface area contributed by atoms with Crippen LogP contribution in [0.3, 0.4) is 0 Å². The summed E-state index contributed by atoms with van der Waals surface area (Å²) in [6, 6.07) is 0.725. The summed E-state index contributed by atoms with van der Waals surface area (Å²) in [5.41, 5.74) is -0.423. The zero-order valence-corrected chi connectivity index (χ0v) is 12.4. The average molecular weight is 269 g/mol. The van der Waals surface area contributed by atoms with Gasteiger partial charge in [-0.2, -0.15) is 0 Å². The van der Waals surface area contributed by atoms with Crippen LogP contribution in [0.25, 0.3) is 0 Å². The molecule has 5 heteroatoms. The van der Waals surface area contributed by atoms with Gasteiger partial charge in [-0.25, -0.2) is 4.79 Å². The Bertz CT molecular complexity index is 308. The van der Waals surface area contributed by atoms with Crippen molar-refractivity contribution < 1.29 is 9.53 Å². The number of hydrogen-bond donors (Lipinski definition) is 2. The topological polar surface area (TPSA) is 53.6 Å². The van der Waals surface area contributed by atoms with Gasteiger partial charge in [-0.15, -0.1) is 0 Å². The van der Waals surface area contributed by atoms with Crippen LogP contribution in [0.15, 0.2) is 0 Å². The van der Waals surface area contributed by atoms with E-state index in [9.17, 15) is 4.79 Å². The number of piperazine rings is 1. The van der Waals surface area contributed by atoms with Crippen molar-refractivity contribution in [2.45, 2.75) is 57.7 Å². The lowest BCUT2D eigenvalue weighted by Gasteiger charge is -2.36. The largest absolute Gasteiger partial charge is 0.444 e. The number of rotatable bonds is 2. The van der Waals surface area contributed by atoms with E-state index in [1.54, 1.807) is 0 Å². The van der Waals surface area contributed by atoms with E-state index in [1.165, 1.54) is 12.8 Å². The monoisotopic (exact) mass is 269 g/mol. The number of amides is 1. The van der Waals surface area contributed by atoms with Gasteiger partial charge in [-0.1, -0.05) is 0 Å². The predicted molar refractivity (Wildman–Crippen MR) is 75.2 cm³/mol. The van der Waals surface area contributed by atoms with E-state index in [0.29, 0.717) is 6.04 Å². The van der Waals surface area contributed by atoms with E-state index in [4.69, 9.17) is 4.74 Å². The Morgan fingerprint density at radius 3 is 2.58 bits per heavy atom. The molecule has 1 saturated heterocycles. The minimum absolute atomic E-state index is 0.243. The van der Waals surface area contributed by atoms with Gasteiger partial charge in [-0.3, -0.25) is 4.90 Å². The molecular weight excluding hydrogens is 242 g/mol. The molecule has 2 atom stereocenters. The maximum Gasteiger partial charge on any atom is 0.407 e. The number of carbonyl (C=O) groups excluding carboxylic acids is 1. The molecule has 0 aromatic rings. The van der Waals surface area contributed by atoms with Crippen molar-refractivity contribution in [2.24, 2.45) is 0 Å². The van der Waals surface area contributed by atoms with E-state index in [2.05, 4.69) is 15.5 Å². The third-order valence-electron chi connectivity index (χ3n) is 3.80. The van der Waals surface area contributed by atoms with Crippen molar-refractivity contribution in [1.82, 2.24) is 15.5 Å². The average Bonchev–Trinajstić information content (AvgIpc) is 2.75. The van der Waals surface area contributed by atoms with Crippen molar-refractivity contribution in [3.8, 4) is 0 Å². The van der Waals surface area contributed by atoms with E-state index in [0.717, 1.165) is 32.6 Å². The lowest BCUT2D eigenvalue weighted by atomic mass is 10.1. The van der Waals surface area contributed by atoms with Gasteiger partial charge in [-0.05, 0) is 40.0 Å². The Kier molecular flexibility index (Phi) is 4.68. The van der Waals surface area contributed by atoms with Crippen molar-refractivity contribution in [3.63, 3.8) is 0 Å². The molecule has 1 heterocycles. The van der Waals surface area contributed by atoms with E-state index in [1.807, 2.05) is 20.8 Å². The van der Waals surface area contributed by atoms with Gasteiger partial charge in [0.2, 0.25) is 0 Å². The fourth-order valence-electron chi connectivity index (χ4n) is 3.02. The van der Waals surface area contributed by atoms with Gasteiger partial charge >= 0.3 is 6.09 Å². The highest BCUT2D eigenvalue weighted by Crippen LogP contribution is 2.25. The molecule has 1 aliphatic heterocycles. The number of alkyl carbamates (subject to hydrolysis) is 1. The van der Waals surface area contributed by atoms with Crippen LogP contribution in [-0.2, 0) is 4.74 Å². The molecule has 1 amide bonds. The molecule has 0 aromatic heterocycles. The van der Waals surface area contributed by atoms with Crippen LogP contribution in [0, 0.1) is 0 Å². The van der Waals surface area contributed by atoms with Gasteiger partial charge in [0.05, 0.1) is 0 Å². The van der Waals surface area contributed by atoms with Gasteiger partial charge in [0, 0.05) is 38.3 Å². The van der Waals surface area contributed by atoms with Crippen molar-refractivity contribution in [2.75, 3.05) is 26.2 Å². The van der Waals surface area contributed by atoms with Gasteiger partial charge in [0.25, 0.3) is 0 Å². The normalized spacial score (nSPS) is 29.2. The second-order valence-corrected chi connectivity index (χ2v) is 6.54. The Morgan fingerprint density at radius 2 is 1.95 bits per heavy atom. The first-order valence-corrected chi connectivity index (χ1v) is 7.40. The molecule has 2 N–H and O–H groups in total. The molecule has 0 spiro atoms. The van der Waals surface area contributed by atoms with Gasteiger partial charge < -0.3 is 15.4 Å². The highest BCUT2D eigenvalue weighted by molar-refractivity contribution is 5.68. The lowest BCUT2D eigenvalue weighted by molar-refractivity contribution is 0.0468. The number of ether oxygens (including phenoxy) is 1. The summed E-state index contributed by atoms with van der Waals surface area (Å²) in [4.78, 5) is 14.4. The molecule has 1 aliphatic carbocycles. The third kappa shape index (κ3) is 4.35. The lowest BCUT2D eigenvalue weighted by Crippen LogP contribution is -2.54. The van der Waals surface area contributed by atoms with Crippen molar-refractivity contribution in [3.05, 3.63) is 0 Å². The number of nitrogens with one attached hydrogen (secondary N) is 2. The Balaban J connectivity index is 1.86. The molecule has 2 aliphatic rings. The van der Waals surface area contributed by atoms with Crippen LogP contribution in [0.1, 0.15) is 40.0 Å². The zero-order valence-electron chi connectivity index (χ0n) is 12.4. The predicted octanol–water partition coefficient (Wildman–Crippen LogP) is 1.34.